The van der Waals surface area contributed by atoms with Gasteiger partial charge in [-0.1, -0.05) is 48.0 Å². The second kappa shape index (κ2) is 4.39. The average molecular weight is 260 g/mol. The molecule has 0 fully saturated rings. The van der Waals surface area contributed by atoms with Crippen LogP contribution in [0.15, 0.2) is 48.5 Å². The summed E-state index contributed by atoms with van der Waals surface area (Å²) in [6.45, 7) is 0. The summed E-state index contributed by atoms with van der Waals surface area (Å²) in [5, 5.41) is 11.0. The maximum atomic E-state index is 10.2. The highest BCUT2D eigenvalue weighted by molar-refractivity contribution is 6.30. The van der Waals surface area contributed by atoms with Crippen molar-refractivity contribution in [2.24, 2.45) is 0 Å². The highest BCUT2D eigenvalue weighted by Gasteiger charge is 2.35. The van der Waals surface area contributed by atoms with Gasteiger partial charge in [0, 0.05) is 10.6 Å². The maximum absolute atomic E-state index is 10.2. The Balaban J connectivity index is 2.10. The van der Waals surface area contributed by atoms with Gasteiger partial charge in [-0.05, 0) is 30.3 Å². The van der Waals surface area contributed by atoms with Gasteiger partial charge in [-0.25, -0.2) is 0 Å². The third kappa shape index (κ3) is 1.74. The predicted molar refractivity (Wildman–Crippen MR) is 72.5 cm³/mol. The molecule has 0 aliphatic carbocycles. The summed E-state index contributed by atoms with van der Waals surface area (Å²) < 4.78 is 0. The molecule has 2 aromatic rings. The van der Waals surface area contributed by atoms with E-state index in [2.05, 4.69) is 6.07 Å². The molecular formula is C15H14ClNO. The number of nitrogens with zero attached hydrogens (tertiary/aromatic N) is 1. The van der Waals surface area contributed by atoms with E-state index >= 15 is 0 Å². The molecular weight excluding hydrogens is 246 g/mol. The van der Waals surface area contributed by atoms with Gasteiger partial charge in [0.15, 0.2) is 0 Å². The Kier molecular flexibility index (Phi) is 2.86. The number of aliphatic hydroxyl groups excluding tert-OH is 1. The fourth-order valence-electron chi connectivity index (χ4n) is 2.63. The fraction of sp³-hybridized carbons (Fsp3) is 0.200. The predicted octanol–water partition coefficient (Wildman–Crippen LogP) is 3.37. The lowest BCUT2D eigenvalue weighted by molar-refractivity contribution is 0.0215. The molecule has 3 heteroatoms. The van der Waals surface area contributed by atoms with Crippen molar-refractivity contribution in [3.05, 3.63) is 70.2 Å². The highest BCUT2D eigenvalue weighted by Crippen LogP contribution is 2.42. The van der Waals surface area contributed by atoms with Gasteiger partial charge in [-0.2, -0.15) is 0 Å². The van der Waals surface area contributed by atoms with Crippen molar-refractivity contribution in [3.63, 3.8) is 0 Å². The molecule has 1 N–H and O–H groups in total. The summed E-state index contributed by atoms with van der Waals surface area (Å²) in [5.74, 6) is 0. The molecule has 3 rings (SSSR count). The quantitative estimate of drug-likeness (QED) is 0.849. The van der Waals surface area contributed by atoms with Crippen LogP contribution in [0, 0.1) is 0 Å². The van der Waals surface area contributed by atoms with Crippen LogP contribution in [0.2, 0.25) is 5.02 Å². The SMILES string of the molecule is CN1C(O)c2ccccc2C1c1ccc(Cl)cc1. The summed E-state index contributed by atoms with van der Waals surface area (Å²) in [7, 11) is 1.93. The van der Waals surface area contributed by atoms with Crippen LogP contribution in [-0.4, -0.2) is 17.1 Å². The molecule has 1 heterocycles. The van der Waals surface area contributed by atoms with Gasteiger partial charge >= 0.3 is 0 Å². The number of hydrogen-bond acceptors (Lipinski definition) is 2. The van der Waals surface area contributed by atoms with E-state index in [1.807, 2.05) is 54.4 Å². The zero-order chi connectivity index (χ0) is 12.7. The molecule has 0 saturated carbocycles. The number of halogens is 1. The number of rotatable bonds is 1. The van der Waals surface area contributed by atoms with Crippen LogP contribution in [0.5, 0.6) is 0 Å². The fourth-order valence-corrected chi connectivity index (χ4v) is 2.76. The Labute approximate surface area is 111 Å². The van der Waals surface area contributed by atoms with Gasteiger partial charge in [-0.3, -0.25) is 4.90 Å². The van der Waals surface area contributed by atoms with Gasteiger partial charge in [0.1, 0.15) is 6.23 Å². The Hall–Kier alpha value is -1.35. The summed E-state index contributed by atoms with van der Waals surface area (Å²) in [6.07, 6.45) is -0.540. The van der Waals surface area contributed by atoms with Gasteiger partial charge in [-0.15, -0.1) is 0 Å². The minimum Gasteiger partial charge on any atom is -0.374 e. The Morgan fingerprint density at radius 1 is 1.00 bits per heavy atom. The summed E-state index contributed by atoms with van der Waals surface area (Å²) in [5.41, 5.74) is 3.29. The van der Waals surface area contributed by atoms with Crippen LogP contribution >= 0.6 is 11.6 Å². The molecule has 0 bridgehead atoms. The molecule has 0 saturated heterocycles. The first-order chi connectivity index (χ1) is 8.68. The Bertz CT molecular complexity index is 567. The zero-order valence-corrected chi connectivity index (χ0v) is 10.8. The molecule has 2 atom stereocenters. The zero-order valence-electron chi connectivity index (χ0n) is 10.0. The molecule has 2 nitrogen and oxygen atoms in total. The number of benzene rings is 2. The first-order valence-electron chi connectivity index (χ1n) is 5.93. The average Bonchev–Trinajstić information content (AvgIpc) is 2.64. The van der Waals surface area contributed by atoms with Crippen molar-refractivity contribution >= 4 is 11.6 Å². The van der Waals surface area contributed by atoms with Crippen LogP contribution in [-0.2, 0) is 0 Å². The number of hydrogen-bond donors (Lipinski definition) is 1. The molecule has 0 amide bonds. The van der Waals surface area contributed by atoms with Crippen LogP contribution in [0.3, 0.4) is 0 Å². The van der Waals surface area contributed by atoms with Gasteiger partial charge in [0.25, 0.3) is 0 Å². The van der Waals surface area contributed by atoms with Crippen molar-refractivity contribution in [2.45, 2.75) is 12.3 Å². The standard InChI is InChI=1S/C15H14ClNO/c1-17-14(10-6-8-11(16)9-7-10)12-4-2-3-5-13(12)15(17)18/h2-9,14-15,18H,1H3. The van der Waals surface area contributed by atoms with E-state index in [1.54, 1.807) is 0 Å². The number of aliphatic hydroxyl groups is 1. The van der Waals surface area contributed by atoms with Gasteiger partial charge in [0.2, 0.25) is 0 Å². The Morgan fingerprint density at radius 3 is 2.28 bits per heavy atom. The largest absolute Gasteiger partial charge is 0.374 e. The van der Waals surface area contributed by atoms with E-state index in [4.69, 9.17) is 11.6 Å². The monoisotopic (exact) mass is 259 g/mol. The van der Waals surface area contributed by atoms with E-state index in [-0.39, 0.29) is 6.04 Å². The topological polar surface area (TPSA) is 23.5 Å². The van der Waals surface area contributed by atoms with E-state index in [1.165, 1.54) is 0 Å². The summed E-state index contributed by atoms with van der Waals surface area (Å²) in [4.78, 5) is 1.97. The van der Waals surface area contributed by atoms with Crippen molar-refractivity contribution in [3.8, 4) is 0 Å². The van der Waals surface area contributed by atoms with Crippen LogP contribution in [0.1, 0.15) is 29.0 Å². The summed E-state index contributed by atoms with van der Waals surface area (Å²) >= 11 is 5.92. The van der Waals surface area contributed by atoms with Crippen LogP contribution in [0.4, 0.5) is 0 Å². The molecule has 0 spiro atoms. The molecule has 1 aliphatic heterocycles. The molecule has 92 valence electrons. The van der Waals surface area contributed by atoms with Crippen molar-refractivity contribution in [1.29, 1.82) is 0 Å². The van der Waals surface area contributed by atoms with Crippen molar-refractivity contribution < 1.29 is 5.11 Å². The van der Waals surface area contributed by atoms with Gasteiger partial charge in [0.05, 0.1) is 6.04 Å². The minimum absolute atomic E-state index is 0.0912. The second-order valence-electron chi connectivity index (χ2n) is 4.62. The molecule has 2 unspecified atom stereocenters. The first-order valence-corrected chi connectivity index (χ1v) is 6.30. The molecule has 1 aliphatic rings. The second-order valence-corrected chi connectivity index (χ2v) is 5.06. The summed E-state index contributed by atoms with van der Waals surface area (Å²) in [6, 6.07) is 15.9. The first kappa shape index (κ1) is 11.7. The lowest BCUT2D eigenvalue weighted by Gasteiger charge is -2.23. The van der Waals surface area contributed by atoms with E-state index < -0.39 is 6.23 Å². The van der Waals surface area contributed by atoms with Crippen molar-refractivity contribution in [1.82, 2.24) is 4.90 Å². The molecule has 0 aromatic heterocycles. The van der Waals surface area contributed by atoms with Crippen molar-refractivity contribution in [2.75, 3.05) is 7.05 Å². The van der Waals surface area contributed by atoms with E-state index in [0.717, 1.165) is 21.7 Å². The van der Waals surface area contributed by atoms with E-state index in [0.29, 0.717) is 0 Å². The van der Waals surface area contributed by atoms with E-state index in [9.17, 15) is 5.11 Å². The highest BCUT2D eigenvalue weighted by atomic mass is 35.5. The van der Waals surface area contributed by atoms with Crippen LogP contribution in [0.25, 0.3) is 0 Å². The minimum atomic E-state index is -0.540. The lowest BCUT2D eigenvalue weighted by atomic mass is 9.98. The van der Waals surface area contributed by atoms with Crippen LogP contribution < -0.4 is 0 Å². The molecule has 18 heavy (non-hydrogen) atoms. The lowest BCUT2D eigenvalue weighted by Crippen LogP contribution is -2.22. The number of fused-ring (bicyclic) bond motifs is 1. The Morgan fingerprint density at radius 2 is 1.61 bits per heavy atom. The third-order valence-corrected chi connectivity index (χ3v) is 3.80. The van der Waals surface area contributed by atoms with Gasteiger partial charge < -0.3 is 5.11 Å². The molecule has 2 aromatic carbocycles. The third-order valence-electron chi connectivity index (χ3n) is 3.55. The maximum Gasteiger partial charge on any atom is 0.134 e. The molecule has 0 radical (unpaired) electrons. The smallest absolute Gasteiger partial charge is 0.134 e. The normalized spacial score (nSPS) is 23.1.